The predicted molar refractivity (Wildman–Crippen MR) is 122 cm³/mol. The molecule has 4 rings (SSSR count). The van der Waals surface area contributed by atoms with Crippen molar-refractivity contribution in [1.82, 2.24) is 15.2 Å². The molecule has 3 aromatic heterocycles. The normalized spacial score (nSPS) is 10.9. The molecule has 1 aromatic carbocycles. The minimum atomic E-state index is -0.345. The molecular formula is C21H17FN4OS3. The summed E-state index contributed by atoms with van der Waals surface area (Å²) < 4.78 is 13.6. The summed E-state index contributed by atoms with van der Waals surface area (Å²) in [6.45, 7) is 3.64. The van der Waals surface area contributed by atoms with Crippen molar-refractivity contribution < 1.29 is 9.18 Å². The number of rotatable bonds is 6. The first kappa shape index (κ1) is 20.6. The monoisotopic (exact) mass is 456 g/mol. The quantitative estimate of drug-likeness (QED) is 0.371. The van der Waals surface area contributed by atoms with Gasteiger partial charge in [0.2, 0.25) is 5.91 Å². The first-order valence-electron chi connectivity index (χ1n) is 9.04. The van der Waals surface area contributed by atoms with Crippen molar-refractivity contribution in [1.29, 1.82) is 0 Å². The number of aromatic nitrogens is 3. The lowest BCUT2D eigenvalue weighted by molar-refractivity contribution is -0.113. The van der Waals surface area contributed by atoms with E-state index in [4.69, 9.17) is 0 Å². The predicted octanol–water partition coefficient (Wildman–Crippen LogP) is 5.82. The van der Waals surface area contributed by atoms with Gasteiger partial charge in [0.1, 0.15) is 21.5 Å². The third-order valence-electron chi connectivity index (χ3n) is 4.21. The van der Waals surface area contributed by atoms with Crippen LogP contribution in [0.3, 0.4) is 0 Å². The molecule has 3 heterocycles. The van der Waals surface area contributed by atoms with Crippen LogP contribution in [0, 0.1) is 19.7 Å². The average molecular weight is 457 g/mol. The number of nitrogens with zero attached hydrogens (tertiary/aromatic N) is 3. The molecule has 0 aliphatic heterocycles. The molecule has 152 valence electrons. The molecule has 0 bridgehead atoms. The highest BCUT2D eigenvalue weighted by Crippen LogP contribution is 2.36. The van der Waals surface area contributed by atoms with Crippen molar-refractivity contribution in [3.8, 4) is 20.5 Å². The summed E-state index contributed by atoms with van der Waals surface area (Å²) in [4.78, 5) is 18.9. The fraction of sp³-hybridized carbons (Fsp3) is 0.143. The van der Waals surface area contributed by atoms with Crippen molar-refractivity contribution in [3.05, 3.63) is 64.9 Å². The van der Waals surface area contributed by atoms with Gasteiger partial charge in [-0.15, -0.1) is 32.9 Å². The largest absolute Gasteiger partial charge is 0.325 e. The van der Waals surface area contributed by atoms with Gasteiger partial charge in [0, 0.05) is 5.69 Å². The van der Waals surface area contributed by atoms with Gasteiger partial charge in [-0.3, -0.25) is 4.79 Å². The Bertz CT molecular complexity index is 1170. The molecule has 30 heavy (non-hydrogen) atoms. The van der Waals surface area contributed by atoms with Gasteiger partial charge in [0.25, 0.3) is 0 Å². The number of benzene rings is 1. The smallest absolute Gasteiger partial charge is 0.234 e. The second kappa shape index (κ2) is 9.03. The molecule has 1 N–H and O–H groups in total. The van der Waals surface area contributed by atoms with Crippen molar-refractivity contribution >= 4 is 46.0 Å². The Morgan fingerprint density at radius 2 is 2.03 bits per heavy atom. The molecule has 9 heteroatoms. The number of anilines is 1. The third kappa shape index (κ3) is 4.75. The van der Waals surface area contributed by atoms with Crippen molar-refractivity contribution in [2.24, 2.45) is 0 Å². The summed E-state index contributed by atoms with van der Waals surface area (Å²) in [6.07, 6.45) is 0. The standard InChI is InChI=1S/C21H17FN4OS3/c1-12-5-6-14(10-15(12)22)24-18(27)11-29-19-8-7-16(25-26-19)20-13(2)23-21(30-20)17-4-3-9-28-17/h3-10H,11H2,1-2H3,(H,24,27). The van der Waals surface area contributed by atoms with Gasteiger partial charge in [0.15, 0.2) is 0 Å². The van der Waals surface area contributed by atoms with Crippen LogP contribution in [0.5, 0.6) is 0 Å². The number of thiazole rings is 1. The van der Waals surface area contributed by atoms with Crippen LogP contribution in [0.4, 0.5) is 10.1 Å². The first-order valence-corrected chi connectivity index (χ1v) is 11.7. The Balaban J connectivity index is 1.38. The minimum Gasteiger partial charge on any atom is -0.325 e. The number of nitrogens with one attached hydrogen (secondary N) is 1. The maximum Gasteiger partial charge on any atom is 0.234 e. The zero-order chi connectivity index (χ0) is 21.1. The average Bonchev–Trinajstić information content (AvgIpc) is 3.39. The van der Waals surface area contributed by atoms with Crippen LogP contribution in [0.25, 0.3) is 20.5 Å². The highest BCUT2D eigenvalue weighted by Gasteiger charge is 2.14. The molecule has 0 saturated carbocycles. The molecule has 0 unspecified atom stereocenters. The Morgan fingerprint density at radius 3 is 2.73 bits per heavy atom. The number of thioether (sulfide) groups is 1. The third-order valence-corrected chi connectivity index (χ3v) is 7.35. The number of hydrogen-bond acceptors (Lipinski definition) is 7. The maximum atomic E-state index is 13.6. The Morgan fingerprint density at radius 1 is 1.17 bits per heavy atom. The second-order valence-corrected chi connectivity index (χ2v) is 9.41. The van der Waals surface area contributed by atoms with Gasteiger partial charge in [-0.2, -0.15) is 0 Å². The summed E-state index contributed by atoms with van der Waals surface area (Å²) in [6, 6.07) is 12.4. The molecule has 0 aliphatic rings. The van der Waals surface area contributed by atoms with Crippen LogP contribution in [-0.4, -0.2) is 26.8 Å². The SMILES string of the molecule is Cc1ccc(NC(=O)CSc2ccc(-c3sc(-c4cccs4)nc3C)nn2)cc1F. The van der Waals surface area contributed by atoms with Gasteiger partial charge in [-0.05, 0) is 55.1 Å². The Hall–Kier alpha value is -2.62. The molecule has 0 atom stereocenters. The van der Waals surface area contributed by atoms with Gasteiger partial charge < -0.3 is 5.32 Å². The van der Waals surface area contributed by atoms with Crippen LogP contribution in [0.15, 0.2) is 52.9 Å². The number of aryl methyl sites for hydroxylation is 2. The molecule has 4 aromatic rings. The minimum absolute atomic E-state index is 0.158. The summed E-state index contributed by atoms with van der Waals surface area (Å²) in [5.74, 6) is -0.415. The molecule has 1 amide bonds. The van der Waals surface area contributed by atoms with Crippen molar-refractivity contribution in [3.63, 3.8) is 0 Å². The van der Waals surface area contributed by atoms with Gasteiger partial charge in [-0.1, -0.05) is 23.9 Å². The van der Waals surface area contributed by atoms with Crippen LogP contribution in [0.2, 0.25) is 0 Å². The van der Waals surface area contributed by atoms with Gasteiger partial charge in [0.05, 0.1) is 21.2 Å². The molecule has 0 fully saturated rings. The van der Waals surface area contributed by atoms with E-state index < -0.39 is 0 Å². The van der Waals surface area contributed by atoms with Crippen LogP contribution >= 0.6 is 34.4 Å². The first-order chi connectivity index (χ1) is 14.5. The topological polar surface area (TPSA) is 67.8 Å². The number of amides is 1. The molecule has 0 spiro atoms. The number of hydrogen-bond donors (Lipinski definition) is 1. The Labute approximate surface area is 185 Å². The zero-order valence-electron chi connectivity index (χ0n) is 16.2. The number of halogens is 1. The molecular weight excluding hydrogens is 439 g/mol. The van der Waals surface area contributed by atoms with E-state index in [1.54, 1.807) is 41.7 Å². The fourth-order valence-corrected chi connectivity index (χ4v) is 5.11. The van der Waals surface area contributed by atoms with Crippen LogP contribution in [-0.2, 0) is 4.79 Å². The molecule has 0 saturated heterocycles. The number of carbonyl (C=O) groups is 1. The van der Waals surface area contributed by atoms with Crippen molar-refractivity contribution in [2.45, 2.75) is 18.9 Å². The van der Waals surface area contributed by atoms with E-state index in [0.29, 0.717) is 16.3 Å². The summed E-state index contributed by atoms with van der Waals surface area (Å²) in [5.41, 5.74) is 2.66. The van der Waals surface area contributed by atoms with Crippen LogP contribution in [0.1, 0.15) is 11.3 Å². The number of carbonyl (C=O) groups excluding carboxylic acids is 1. The summed E-state index contributed by atoms with van der Waals surface area (Å²) in [5, 5.41) is 14.9. The Kier molecular flexibility index (Phi) is 6.21. The summed E-state index contributed by atoms with van der Waals surface area (Å²) in [7, 11) is 0. The zero-order valence-corrected chi connectivity index (χ0v) is 18.6. The van der Waals surface area contributed by atoms with E-state index in [-0.39, 0.29) is 17.5 Å². The molecule has 0 aliphatic carbocycles. The van der Waals surface area contributed by atoms with Crippen molar-refractivity contribution in [2.75, 3.05) is 11.1 Å². The lowest BCUT2D eigenvalue weighted by Crippen LogP contribution is -2.14. The fourth-order valence-electron chi connectivity index (χ4n) is 2.67. The second-order valence-electron chi connectivity index (χ2n) is 6.47. The van der Waals surface area contributed by atoms with E-state index in [9.17, 15) is 9.18 Å². The van der Waals surface area contributed by atoms with Gasteiger partial charge in [-0.25, -0.2) is 9.37 Å². The van der Waals surface area contributed by atoms with Crippen LogP contribution < -0.4 is 5.32 Å². The van der Waals surface area contributed by atoms with E-state index in [0.717, 1.165) is 26.1 Å². The van der Waals surface area contributed by atoms with E-state index in [1.807, 2.05) is 36.6 Å². The van der Waals surface area contributed by atoms with E-state index in [1.165, 1.54) is 17.8 Å². The van der Waals surface area contributed by atoms with E-state index in [2.05, 4.69) is 20.5 Å². The summed E-state index contributed by atoms with van der Waals surface area (Å²) >= 11 is 4.53. The molecule has 5 nitrogen and oxygen atoms in total. The molecule has 0 radical (unpaired) electrons. The maximum absolute atomic E-state index is 13.6. The highest BCUT2D eigenvalue weighted by atomic mass is 32.2. The van der Waals surface area contributed by atoms with Gasteiger partial charge >= 0.3 is 0 Å². The van der Waals surface area contributed by atoms with E-state index >= 15 is 0 Å². The lowest BCUT2D eigenvalue weighted by Gasteiger charge is -2.06. The number of thiophene rings is 1. The highest BCUT2D eigenvalue weighted by molar-refractivity contribution is 7.99. The lowest BCUT2D eigenvalue weighted by atomic mass is 10.2.